The minimum atomic E-state index is -0.172. The van der Waals surface area contributed by atoms with Crippen LogP contribution in [0.3, 0.4) is 0 Å². The van der Waals surface area contributed by atoms with Gasteiger partial charge < -0.3 is 18.9 Å². The van der Waals surface area contributed by atoms with E-state index in [0.29, 0.717) is 37.4 Å². The lowest BCUT2D eigenvalue weighted by molar-refractivity contribution is -0.232. The molecule has 1 aliphatic carbocycles. The molecular weight excluding hydrogens is 323 g/mol. The van der Waals surface area contributed by atoms with Crippen molar-refractivity contribution >= 4 is 0 Å². The average molecular weight is 354 g/mol. The lowest BCUT2D eigenvalue weighted by Gasteiger charge is -2.35. The van der Waals surface area contributed by atoms with Gasteiger partial charge in [0.1, 0.15) is 0 Å². The van der Waals surface area contributed by atoms with Crippen LogP contribution in [0.1, 0.15) is 45.4 Å². The van der Waals surface area contributed by atoms with Crippen molar-refractivity contribution in [3.8, 4) is 0 Å². The van der Waals surface area contributed by atoms with Crippen molar-refractivity contribution in [2.24, 2.45) is 17.8 Å². The summed E-state index contributed by atoms with van der Waals surface area (Å²) in [6.45, 7) is 5.04. The molecule has 2 heterocycles. The number of ether oxygens (including phenoxy) is 4. The summed E-state index contributed by atoms with van der Waals surface area (Å²) in [7, 11) is 0. The molecule has 3 rings (SSSR count). The number of hydrogen-bond donors (Lipinski definition) is 0. The van der Waals surface area contributed by atoms with Crippen LogP contribution in [0.15, 0.2) is 24.1 Å². The Kier molecular flexibility index (Phi) is 7.47. The Labute approximate surface area is 150 Å². The molecule has 0 bridgehead atoms. The summed E-state index contributed by atoms with van der Waals surface area (Å²) in [5, 5.41) is 0. The van der Waals surface area contributed by atoms with Gasteiger partial charge in [0, 0.05) is 17.8 Å². The summed E-state index contributed by atoms with van der Waals surface area (Å²) in [6.07, 6.45) is 10.7. The largest absolute Gasteiger partial charge is 0.352 e. The zero-order valence-electron chi connectivity index (χ0n) is 15.2. The van der Waals surface area contributed by atoms with Gasteiger partial charge in [0.15, 0.2) is 12.6 Å². The van der Waals surface area contributed by atoms with Crippen molar-refractivity contribution in [1.82, 2.24) is 0 Å². The number of allylic oxidation sites excluding steroid dienone is 3. The van der Waals surface area contributed by atoms with Crippen LogP contribution in [0.25, 0.3) is 0 Å². The highest BCUT2D eigenvalue weighted by molar-refractivity contribution is 4.98. The Morgan fingerprint density at radius 3 is 2.48 bits per heavy atom. The smallest absolute Gasteiger partial charge is 0.160 e. The van der Waals surface area contributed by atoms with Crippen molar-refractivity contribution in [1.29, 1.82) is 0 Å². The van der Waals surface area contributed by atoms with Crippen molar-refractivity contribution in [3.05, 3.63) is 24.1 Å². The fourth-order valence-electron chi connectivity index (χ4n) is 3.60. The second-order valence-electron chi connectivity index (χ2n) is 7.36. The SMILES string of the molecule is CC/C=C/C1COC(CC[C@H]2CO[C@H](C3CC=C(F)CC3)OC2)OC1. The first-order valence-electron chi connectivity index (χ1n) is 9.72. The maximum Gasteiger partial charge on any atom is 0.160 e. The quantitative estimate of drug-likeness (QED) is 0.664. The normalized spacial score (nSPS) is 37.2. The van der Waals surface area contributed by atoms with Crippen LogP contribution in [0, 0.1) is 17.8 Å². The predicted molar refractivity (Wildman–Crippen MR) is 93.6 cm³/mol. The highest BCUT2D eigenvalue weighted by atomic mass is 19.1. The van der Waals surface area contributed by atoms with Crippen molar-refractivity contribution in [2.75, 3.05) is 26.4 Å². The van der Waals surface area contributed by atoms with Gasteiger partial charge in [0.2, 0.25) is 0 Å². The maximum atomic E-state index is 13.1. The van der Waals surface area contributed by atoms with Crippen molar-refractivity contribution in [3.63, 3.8) is 0 Å². The van der Waals surface area contributed by atoms with Crippen LogP contribution in [-0.2, 0) is 18.9 Å². The van der Waals surface area contributed by atoms with Crippen LogP contribution in [-0.4, -0.2) is 39.0 Å². The van der Waals surface area contributed by atoms with E-state index in [9.17, 15) is 4.39 Å². The molecular formula is C20H31FO4. The fraction of sp³-hybridized carbons (Fsp3) is 0.800. The molecule has 1 atom stereocenters. The lowest BCUT2D eigenvalue weighted by atomic mass is 9.92. The van der Waals surface area contributed by atoms with Crippen LogP contribution < -0.4 is 0 Å². The van der Waals surface area contributed by atoms with E-state index >= 15 is 0 Å². The molecule has 25 heavy (non-hydrogen) atoms. The van der Waals surface area contributed by atoms with Gasteiger partial charge in [0.05, 0.1) is 32.3 Å². The first-order chi connectivity index (χ1) is 12.2. The Bertz CT molecular complexity index is 449. The number of rotatable bonds is 6. The highest BCUT2D eigenvalue weighted by Crippen LogP contribution is 2.31. The van der Waals surface area contributed by atoms with Gasteiger partial charge in [0.25, 0.3) is 0 Å². The Balaban J connectivity index is 1.30. The van der Waals surface area contributed by atoms with Crippen LogP contribution >= 0.6 is 0 Å². The van der Waals surface area contributed by atoms with Crippen LogP contribution in [0.4, 0.5) is 4.39 Å². The molecule has 0 aromatic carbocycles. The standard InChI is InChI=1S/C20H31FO4/c1-2-3-4-15-11-22-19(23-12-15)10-5-16-13-24-20(25-14-16)17-6-8-18(21)9-7-17/h3-4,8,15-17,19-20H,2,5-7,9-14H2,1H3/b4-3+/t15?,16-,17?,19?,20-. The van der Waals surface area contributed by atoms with E-state index in [1.54, 1.807) is 6.08 Å². The minimum absolute atomic E-state index is 0.00448. The Hall–Kier alpha value is -0.750. The molecule has 0 spiro atoms. The topological polar surface area (TPSA) is 36.9 Å². The van der Waals surface area contributed by atoms with E-state index in [1.807, 2.05) is 0 Å². The molecule has 0 amide bonds. The second-order valence-corrected chi connectivity index (χ2v) is 7.36. The summed E-state index contributed by atoms with van der Waals surface area (Å²) < 4.78 is 36.5. The maximum absolute atomic E-state index is 13.1. The number of halogens is 1. The molecule has 2 fully saturated rings. The van der Waals surface area contributed by atoms with Gasteiger partial charge in [-0.05, 0) is 38.5 Å². The Morgan fingerprint density at radius 2 is 1.84 bits per heavy atom. The van der Waals surface area contributed by atoms with Crippen molar-refractivity contribution < 1.29 is 23.3 Å². The summed E-state index contributed by atoms with van der Waals surface area (Å²) >= 11 is 0. The molecule has 4 nitrogen and oxygen atoms in total. The van der Waals surface area contributed by atoms with E-state index in [0.717, 1.165) is 45.3 Å². The molecule has 0 radical (unpaired) electrons. The second kappa shape index (κ2) is 9.81. The third-order valence-corrected chi connectivity index (χ3v) is 5.22. The zero-order valence-corrected chi connectivity index (χ0v) is 15.2. The van der Waals surface area contributed by atoms with Crippen LogP contribution in [0.5, 0.6) is 0 Å². The molecule has 0 saturated carbocycles. The minimum Gasteiger partial charge on any atom is -0.352 e. The average Bonchev–Trinajstić information content (AvgIpc) is 2.67. The lowest BCUT2D eigenvalue weighted by Crippen LogP contribution is -2.38. The highest BCUT2D eigenvalue weighted by Gasteiger charge is 2.31. The molecule has 0 aromatic rings. The molecule has 142 valence electrons. The third kappa shape index (κ3) is 5.88. The van der Waals surface area contributed by atoms with Gasteiger partial charge in [-0.3, -0.25) is 0 Å². The molecule has 1 unspecified atom stereocenters. The molecule has 2 aliphatic heterocycles. The predicted octanol–water partition coefficient (Wildman–Crippen LogP) is 4.36. The van der Waals surface area contributed by atoms with Gasteiger partial charge >= 0.3 is 0 Å². The molecule has 5 heteroatoms. The summed E-state index contributed by atoms with van der Waals surface area (Å²) in [6, 6.07) is 0. The monoisotopic (exact) mass is 354 g/mol. The summed E-state index contributed by atoms with van der Waals surface area (Å²) in [5.41, 5.74) is 0. The fourth-order valence-corrected chi connectivity index (χ4v) is 3.60. The van der Waals surface area contributed by atoms with E-state index in [4.69, 9.17) is 18.9 Å². The van der Waals surface area contributed by atoms with Gasteiger partial charge in [-0.25, -0.2) is 4.39 Å². The van der Waals surface area contributed by atoms with Crippen LogP contribution in [0.2, 0.25) is 0 Å². The zero-order chi connectivity index (χ0) is 17.5. The van der Waals surface area contributed by atoms with E-state index in [1.165, 1.54) is 0 Å². The number of hydrogen-bond acceptors (Lipinski definition) is 4. The van der Waals surface area contributed by atoms with Gasteiger partial charge in [-0.15, -0.1) is 0 Å². The van der Waals surface area contributed by atoms with Gasteiger partial charge in [-0.1, -0.05) is 25.2 Å². The molecule has 3 aliphatic rings. The Morgan fingerprint density at radius 1 is 1.08 bits per heavy atom. The first kappa shape index (κ1) is 19.0. The summed E-state index contributed by atoms with van der Waals surface area (Å²) in [5.74, 6) is 1.06. The molecule has 2 saturated heterocycles. The van der Waals surface area contributed by atoms with E-state index < -0.39 is 0 Å². The van der Waals surface area contributed by atoms with E-state index in [2.05, 4.69) is 19.1 Å². The summed E-state index contributed by atoms with van der Waals surface area (Å²) in [4.78, 5) is 0. The van der Waals surface area contributed by atoms with E-state index in [-0.39, 0.29) is 18.4 Å². The van der Waals surface area contributed by atoms with Gasteiger partial charge in [-0.2, -0.15) is 0 Å². The third-order valence-electron chi connectivity index (χ3n) is 5.22. The molecule has 0 N–H and O–H groups in total. The molecule has 0 aromatic heterocycles. The first-order valence-corrected chi connectivity index (χ1v) is 9.72. The van der Waals surface area contributed by atoms with Crippen molar-refractivity contribution in [2.45, 2.75) is 58.0 Å².